The van der Waals surface area contributed by atoms with Crippen LogP contribution in [-0.4, -0.2) is 19.4 Å². The van der Waals surface area contributed by atoms with E-state index in [-0.39, 0.29) is 7.53 Å². The highest BCUT2D eigenvalue weighted by Crippen LogP contribution is 2.71. The Morgan fingerprint density at radius 3 is 2.45 bits per heavy atom. The number of allylic oxidation sites excluding steroid dienone is 3. The lowest BCUT2D eigenvalue weighted by Crippen LogP contribution is -2.56. The van der Waals surface area contributed by atoms with E-state index in [9.17, 15) is 4.57 Å². The van der Waals surface area contributed by atoms with Gasteiger partial charge in [0, 0.05) is 14.8 Å². The summed E-state index contributed by atoms with van der Waals surface area (Å²) in [5.74, 6) is 3.89. The molecule has 190 valence electrons. The lowest BCUT2D eigenvalue weighted by Gasteiger charge is -2.63. The minimum absolute atomic E-state index is 0. The van der Waals surface area contributed by atoms with E-state index in [4.69, 9.17) is 4.52 Å². The van der Waals surface area contributed by atoms with Crippen molar-refractivity contribution in [2.24, 2.45) is 45.8 Å². The molecule has 33 heavy (non-hydrogen) atoms. The molecule has 0 N–H and O–H groups in total. The zero-order valence-corrected chi connectivity index (χ0v) is 23.7. The fourth-order valence-corrected chi connectivity index (χ4v) is 9.81. The van der Waals surface area contributed by atoms with Gasteiger partial charge in [0.25, 0.3) is 0 Å². The van der Waals surface area contributed by atoms with Gasteiger partial charge in [-0.15, -0.1) is 0 Å². The molecular weight excluding hydrogens is 423 g/mol. The smallest absolute Gasteiger partial charge is 0.197 e. The minimum Gasteiger partial charge on any atom is -0.325 e. The Labute approximate surface area is 206 Å². The Hall–Kier alpha value is -0.330. The second-order valence-electron chi connectivity index (χ2n) is 13.8. The topological polar surface area (TPSA) is 26.3 Å². The molecule has 4 rings (SSSR count). The van der Waals surface area contributed by atoms with Crippen LogP contribution < -0.4 is 0 Å². The average Bonchev–Trinajstić information content (AvgIpc) is 3.04. The van der Waals surface area contributed by atoms with Gasteiger partial charge < -0.3 is 4.52 Å². The summed E-state index contributed by atoms with van der Waals surface area (Å²) in [5.41, 5.74) is 2.85. The van der Waals surface area contributed by atoms with Crippen LogP contribution >= 0.6 is 7.37 Å². The van der Waals surface area contributed by atoms with Crippen molar-refractivity contribution in [3.05, 3.63) is 23.8 Å². The lowest BCUT2D eigenvalue weighted by molar-refractivity contribution is -0.108. The summed E-state index contributed by atoms with van der Waals surface area (Å²) in [7, 11) is -2.43. The number of rotatable bonds is 6. The van der Waals surface area contributed by atoms with Gasteiger partial charge in [-0.1, -0.05) is 65.3 Å². The fraction of sp³-hybridized carbons (Fsp3) is 0.867. The molecule has 0 aromatic heterocycles. The molecule has 0 heterocycles. The first-order valence-corrected chi connectivity index (χ1v) is 16.4. The lowest BCUT2D eigenvalue weighted by atomic mass is 9.41. The van der Waals surface area contributed by atoms with Crippen molar-refractivity contribution >= 4 is 7.37 Å². The standard InChI is InChI=1S/C30H51O2P.H2/c1-21(2)22(3)10-9-11-23-12-13-26-28(23,4)19-16-27-29(5)18-15-25(32-33(7,8)31)20-24(29)14-17-30(26,27)6;/h9-10,14,21-23,25-27H,11-13,15-20H2,1-8H3;1H/b10-9+;. The van der Waals surface area contributed by atoms with Gasteiger partial charge in [-0.25, -0.2) is 0 Å². The molecule has 0 amide bonds. The van der Waals surface area contributed by atoms with Gasteiger partial charge in [0.15, 0.2) is 7.37 Å². The van der Waals surface area contributed by atoms with Crippen LogP contribution in [0.4, 0.5) is 0 Å². The molecule has 0 radical (unpaired) electrons. The van der Waals surface area contributed by atoms with Crippen LogP contribution in [0.5, 0.6) is 0 Å². The summed E-state index contributed by atoms with van der Waals surface area (Å²) in [6.45, 7) is 18.4. The molecule has 3 saturated carbocycles. The van der Waals surface area contributed by atoms with Crippen LogP contribution in [0, 0.1) is 45.8 Å². The van der Waals surface area contributed by atoms with E-state index in [0.29, 0.717) is 22.2 Å². The fourth-order valence-electron chi connectivity index (χ4n) is 8.91. The van der Waals surface area contributed by atoms with E-state index in [0.717, 1.165) is 36.5 Å². The molecule has 3 fully saturated rings. The molecule has 4 aliphatic rings. The van der Waals surface area contributed by atoms with Crippen molar-refractivity contribution in [3.8, 4) is 0 Å². The van der Waals surface area contributed by atoms with Gasteiger partial charge in [0.1, 0.15) is 0 Å². The molecule has 8 atom stereocenters. The Morgan fingerprint density at radius 1 is 1.06 bits per heavy atom. The maximum absolute atomic E-state index is 12.3. The minimum atomic E-state index is -2.43. The monoisotopic (exact) mass is 476 g/mol. The quantitative estimate of drug-likeness (QED) is 0.282. The van der Waals surface area contributed by atoms with Crippen LogP contribution in [0.1, 0.15) is 101 Å². The summed E-state index contributed by atoms with van der Waals surface area (Å²) < 4.78 is 18.3. The third-order valence-corrected chi connectivity index (χ3v) is 11.9. The zero-order valence-electron chi connectivity index (χ0n) is 22.8. The molecule has 0 aromatic rings. The van der Waals surface area contributed by atoms with E-state index in [1.165, 1.54) is 44.9 Å². The molecule has 0 aliphatic heterocycles. The van der Waals surface area contributed by atoms with E-state index in [1.807, 2.05) is 0 Å². The molecule has 0 aromatic carbocycles. The van der Waals surface area contributed by atoms with Gasteiger partial charge in [-0.3, -0.25) is 4.57 Å². The van der Waals surface area contributed by atoms with Crippen LogP contribution in [0.3, 0.4) is 0 Å². The van der Waals surface area contributed by atoms with Crippen LogP contribution in [0.2, 0.25) is 0 Å². The Balaban J connectivity index is 0.00000324. The Kier molecular flexibility index (Phi) is 6.99. The van der Waals surface area contributed by atoms with Crippen molar-refractivity contribution in [1.82, 2.24) is 0 Å². The maximum Gasteiger partial charge on any atom is 0.197 e. The second-order valence-corrected chi connectivity index (χ2v) is 16.5. The third kappa shape index (κ3) is 4.62. The van der Waals surface area contributed by atoms with Crippen molar-refractivity contribution in [2.75, 3.05) is 13.3 Å². The SMILES string of the molecule is CC(C)C(C)/C=C/CC1CCC2C1(C)CCC1C3(C)CCC(OP(C)(C)=O)CC3=CCC12C.[HH]. The molecule has 0 saturated heterocycles. The van der Waals surface area contributed by atoms with Crippen molar-refractivity contribution in [3.63, 3.8) is 0 Å². The molecular formula is C30H53O2P. The first kappa shape index (κ1) is 25.8. The van der Waals surface area contributed by atoms with Gasteiger partial charge in [0.05, 0.1) is 6.10 Å². The summed E-state index contributed by atoms with van der Waals surface area (Å²) in [6.07, 6.45) is 19.2. The summed E-state index contributed by atoms with van der Waals surface area (Å²) in [4.78, 5) is 0. The Bertz CT molecular complexity index is 843. The highest BCUT2D eigenvalue weighted by Gasteiger charge is 2.63. The van der Waals surface area contributed by atoms with E-state index in [1.54, 1.807) is 18.9 Å². The van der Waals surface area contributed by atoms with Gasteiger partial charge >= 0.3 is 0 Å². The first-order valence-electron chi connectivity index (χ1n) is 13.9. The molecule has 2 nitrogen and oxygen atoms in total. The van der Waals surface area contributed by atoms with Crippen molar-refractivity contribution in [1.29, 1.82) is 0 Å². The van der Waals surface area contributed by atoms with Gasteiger partial charge in [-0.05, 0) is 104 Å². The first-order chi connectivity index (χ1) is 15.3. The van der Waals surface area contributed by atoms with Crippen LogP contribution in [0.25, 0.3) is 0 Å². The van der Waals surface area contributed by atoms with Crippen molar-refractivity contribution in [2.45, 2.75) is 105 Å². The molecule has 0 spiro atoms. The molecule has 4 aliphatic carbocycles. The van der Waals surface area contributed by atoms with E-state index < -0.39 is 7.37 Å². The van der Waals surface area contributed by atoms with E-state index >= 15 is 0 Å². The average molecular weight is 477 g/mol. The largest absolute Gasteiger partial charge is 0.325 e. The van der Waals surface area contributed by atoms with Gasteiger partial charge in [-0.2, -0.15) is 0 Å². The molecule has 0 bridgehead atoms. The van der Waals surface area contributed by atoms with E-state index in [2.05, 4.69) is 59.8 Å². The molecule has 8 unspecified atom stereocenters. The molecule has 3 heteroatoms. The Morgan fingerprint density at radius 2 is 1.79 bits per heavy atom. The highest BCUT2D eigenvalue weighted by atomic mass is 31.2. The number of hydrogen-bond acceptors (Lipinski definition) is 2. The summed E-state index contributed by atoms with van der Waals surface area (Å²) >= 11 is 0. The third-order valence-electron chi connectivity index (χ3n) is 11.1. The zero-order chi connectivity index (χ0) is 24.2. The predicted octanol–water partition coefficient (Wildman–Crippen LogP) is 9.36. The normalized spacial score (nSPS) is 44.3. The van der Waals surface area contributed by atoms with Gasteiger partial charge in [0.2, 0.25) is 0 Å². The van der Waals surface area contributed by atoms with Crippen molar-refractivity contribution < 1.29 is 10.5 Å². The number of hydrogen-bond donors (Lipinski definition) is 0. The second kappa shape index (κ2) is 8.96. The van der Waals surface area contributed by atoms with Crippen LogP contribution in [0.15, 0.2) is 23.8 Å². The summed E-state index contributed by atoms with van der Waals surface area (Å²) in [5, 5.41) is 0. The predicted molar refractivity (Wildman–Crippen MR) is 144 cm³/mol. The van der Waals surface area contributed by atoms with Crippen LogP contribution in [-0.2, 0) is 9.09 Å². The summed E-state index contributed by atoms with van der Waals surface area (Å²) in [6, 6.07) is 0. The highest BCUT2D eigenvalue weighted by molar-refractivity contribution is 7.57. The number of fused-ring (bicyclic) bond motifs is 5. The maximum atomic E-state index is 12.3.